The Hall–Kier alpha value is -0.280. The van der Waals surface area contributed by atoms with Crippen LogP contribution < -0.4 is 0 Å². The van der Waals surface area contributed by atoms with Gasteiger partial charge >= 0.3 is 5.97 Å². The summed E-state index contributed by atoms with van der Waals surface area (Å²) in [5.41, 5.74) is -0.254. The molecule has 0 aromatic heterocycles. The van der Waals surface area contributed by atoms with Gasteiger partial charge < -0.3 is 9.47 Å². The van der Waals surface area contributed by atoms with Crippen LogP contribution in [0.5, 0.6) is 0 Å². The van der Waals surface area contributed by atoms with E-state index >= 15 is 0 Å². The van der Waals surface area contributed by atoms with Crippen LogP contribution in [0.4, 0.5) is 0 Å². The summed E-state index contributed by atoms with van der Waals surface area (Å²) in [4.78, 5) is 10.9. The smallest absolute Gasteiger partial charge is 0.323 e. The normalized spacial score (nSPS) is 13.9. The van der Waals surface area contributed by atoms with Gasteiger partial charge in [0.05, 0.1) is 12.2 Å². The minimum atomic E-state index is -0.578. The van der Waals surface area contributed by atoms with Gasteiger partial charge in [0.2, 0.25) is 0 Å². The standard InChI is InChI=1S/C9H17ClO3/c1-7(10)8(11)13-6-5-9(2,3)12-4/h7H,5-6H2,1-4H3. The second-order valence-corrected chi connectivity index (χ2v) is 4.15. The van der Waals surface area contributed by atoms with Gasteiger partial charge in [-0.25, -0.2) is 0 Å². The van der Waals surface area contributed by atoms with Gasteiger partial charge in [0.25, 0.3) is 0 Å². The molecule has 0 aromatic carbocycles. The molecule has 0 aromatic rings. The van der Waals surface area contributed by atoms with Crippen molar-refractivity contribution in [2.45, 2.75) is 38.2 Å². The highest BCUT2D eigenvalue weighted by Crippen LogP contribution is 2.12. The number of esters is 1. The van der Waals surface area contributed by atoms with E-state index in [1.165, 1.54) is 0 Å². The number of alkyl halides is 1. The Bertz CT molecular complexity index is 166. The minimum Gasteiger partial charge on any atom is -0.464 e. The molecular weight excluding hydrogens is 192 g/mol. The van der Waals surface area contributed by atoms with Gasteiger partial charge in [0.15, 0.2) is 0 Å². The molecule has 78 valence electrons. The average Bonchev–Trinajstić information content (AvgIpc) is 2.04. The van der Waals surface area contributed by atoms with Gasteiger partial charge in [0.1, 0.15) is 5.38 Å². The summed E-state index contributed by atoms with van der Waals surface area (Å²) in [6, 6.07) is 0. The van der Waals surface area contributed by atoms with Crippen LogP contribution in [0.1, 0.15) is 27.2 Å². The number of carbonyl (C=O) groups excluding carboxylic acids is 1. The van der Waals surface area contributed by atoms with Crippen molar-refractivity contribution in [1.82, 2.24) is 0 Å². The predicted molar refractivity (Wildman–Crippen MR) is 52.0 cm³/mol. The number of halogens is 1. The first-order valence-electron chi connectivity index (χ1n) is 4.25. The zero-order chi connectivity index (χ0) is 10.5. The molecule has 3 nitrogen and oxygen atoms in total. The van der Waals surface area contributed by atoms with E-state index in [2.05, 4.69) is 0 Å². The fraction of sp³-hybridized carbons (Fsp3) is 0.889. The molecule has 0 N–H and O–H groups in total. The molecule has 0 aliphatic carbocycles. The fourth-order valence-corrected chi connectivity index (χ4v) is 0.677. The van der Waals surface area contributed by atoms with E-state index in [0.717, 1.165) is 0 Å². The Balaban J connectivity index is 3.62. The summed E-state index contributed by atoms with van der Waals surface area (Å²) in [6.45, 7) is 5.80. The Morgan fingerprint density at radius 2 is 2.08 bits per heavy atom. The Morgan fingerprint density at radius 3 is 2.46 bits per heavy atom. The maximum absolute atomic E-state index is 10.9. The van der Waals surface area contributed by atoms with Crippen molar-refractivity contribution < 1.29 is 14.3 Å². The zero-order valence-electron chi connectivity index (χ0n) is 8.59. The third-order valence-electron chi connectivity index (χ3n) is 1.83. The van der Waals surface area contributed by atoms with Crippen LogP contribution in [0.15, 0.2) is 0 Å². The highest BCUT2D eigenvalue weighted by atomic mass is 35.5. The molecule has 4 heteroatoms. The van der Waals surface area contributed by atoms with E-state index in [9.17, 15) is 4.79 Å². The van der Waals surface area contributed by atoms with Crippen molar-refractivity contribution in [2.75, 3.05) is 13.7 Å². The lowest BCUT2D eigenvalue weighted by Gasteiger charge is -2.22. The molecule has 1 unspecified atom stereocenters. The molecule has 0 radical (unpaired) electrons. The molecule has 0 amide bonds. The summed E-state index contributed by atoms with van der Waals surface area (Å²) in [5, 5.41) is -0.578. The number of hydrogen-bond donors (Lipinski definition) is 0. The topological polar surface area (TPSA) is 35.5 Å². The van der Waals surface area contributed by atoms with E-state index in [4.69, 9.17) is 21.1 Å². The SMILES string of the molecule is COC(C)(C)CCOC(=O)C(C)Cl. The number of carbonyl (C=O) groups is 1. The van der Waals surface area contributed by atoms with E-state index in [1.807, 2.05) is 13.8 Å². The molecule has 0 fully saturated rings. The molecule has 0 bridgehead atoms. The van der Waals surface area contributed by atoms with Crippen LogP contribution in [-0.4, -0.2) is 30.7 Å². The van der Waals surface area contributed by atoms with Crippen LogP contribution in [0.25, 0.3) is 0 Å². The van der Waals surface area contributed by atoms with Gasteiger partial charge in [0, 0.05) is 13.5 Å². The van der Waals surface area contributed by atoms with Gasteiger partial charge in [-0.05, 0) is 20.8 Å². The Labute approximate surface area is 84.4 Å². The highest BCUT2D eigenvalue weighted by molar-refractivity contribution is 6.29. The van der Waals surface area contributed by atoms with Crippen LogP contribution >= 0.6 is 11.6 Å². The molecule has 1 atom stereocenters. The van der Waals surface area contributed by atoms with Gasteiger partial charge in [-0.2, -0.15) is 0 Å². The molecule has 0 saturated heterocycles. The van der Waals surface area contributed by atoms with Gasteiger partial charge in [-0.3, -0.25) is 4.79 Å². The first-order valence-corrected chi connectivity index (χ1v) is 4.68. The third kappa shape index (κ3) is 5.88. The van der Waals surface area contributed by atoms with Crippen LogP contribution in [0.2, 0.25) is 0 Å². The maximum atomic E-state index is 10.9. The first-order chi connectivity index (χ1) is 5.89. The molecule has 13 heavy (non-hydrogen) atoms. The summed E-state index contributed by atoms with van der Waals surface area (Å²) in [5.74, 6) is -0.381. The summed E-state index contributed by atoms with van der Waals surface area (Å²) in [7, 11) is 1.63. The van der Waals surface area contributed by atoms with Crippen molar-refractivity contribution in [3.8, 4) is 0 Å². The van der Waals surface area contributed by atoms with Crippen molar-refractivity contribution >= 4 is 17.6 Å². The monoisotopic (exact) mass is 208 g/mol. The number of rotatable bonds is 5. The Morgan fingerprint density at radius 1 is 1.54 bits per heavy atom. The van der Waals surface area contributed by atoms with E-state index in [1.54, 1.807) is 14.0 Å². The largest absolute Gasteiger partial charge is 0.464 e. The van der Waals surface area contributed by atoms with Crippen molar-refractivity contribution in [1.29, 1.82) is 0 Å². The predicted octanol–water partition coefficient (Wildman–Crippen LogP) is 1.97. The van der Waals surface area contributed by atoms with E-state index in [0.29, 0.717) is 13.0 Å². The van der Waals surface area contributed by atoms with E-state index < -0.39 is 5.38 Å². The van der Waals surface area contributed by atoms with Crippen LogP contribution in [-0.2, 0) is 14.3 Å². The van der Waals surface area contributed by atoms with Crippen molar-refractivity contribution in [3.05, 3.63) is 0 Å². The summed E-state index contributed by atoms with van der Waals surface area (Å²) < 4.78 is 10.0. The van der Waals surface area contributed by atoms with Gasteiger partial charge in [-0.1, -0.05) is 0 Å². The third-order valence-corrected chi connectivity index (χ3v) is 2.00. The number of hydrogen-bond acceptors (Lipinski definition) is 3. The molecular formula is C9H17ClO3. The molecule has 0 rings (SSSR count). The highest BCUT2D eigenvalue weighted by Gasteiger charge is 2.18. The maximum Gasteiger partial charge on any atom is 0.323 e. The zero-order valence-corrected chi connectivity index (χ0v) is 9.35. The second-order valence-electron chi connectivity index (χ2n) is 3.50. The first kappa shape index (κ1) is 12.7. The molecule has 0 saturated carbocycles. The van der Waals surface area contributed by atoms with Gasteiger partial charge in [-0.15, -0.1) is 11.6 Å². The lowest BCUT2D eigenvalue weighted by atomic mass is 10.1. The fourth-order valence-electron chi connectivity index (χ4n) is 0.614. The van der Waals surface area contributed by atoms with Crippen molar-refractivity contribution in [3.63, 3.8) is 0 Å². The second kappa shape index (κ2) is 5.45. The minimum absolute atomic E-state index is 0.254. The molecule has 0 spiro atoms. The quantitative estimate of drug-likeness (QED) is 0.512. The number of methoxy groups -OCH3 is 1. The molecule has 0 aliphatic rings. The molecule has 0 aliphatic heterocycles. The summed E-state index contributed by atoms with van der Waals surface area (Å²) in [6.07, 6.45) is 0.666. The summed E-state index contributed by atoms with van der Waals surface area (Å²) >= 11 is 5.51. The lowest BCUT2D eigenvalue weighted by Crippen LogP contribution is -2.26. The Kier molecular flexibility index (Phi) is 5.33. The molecule has 0 heterocycles. The van der Waals surface area contributed by atoms with Crippen molar-refractivity contribution in [2.24, 2.45) is 0 Å². The number of ether oxygens (including phenoxy) is 2. The average molecular weight is 209 g/mol. The van der Waals surface area contributed by atoms with E-state index in [-0.39, 0.29) is 11.6 Å². The van der Waals surface area contributed by atoms with Crippen LogP contribution in [0.3, 0.4) is 0 Å². The lowest BCUT2D eigenvalue weighted by molar-refractivity contribution is -0.144. The van der Waals surface area contributed by atoms with Crippen LogP contribution in [0, 0.1) is 0 Å².